The topological polar surface area (TPSA) is 64.4 Å². The van der Waals surface area contributed by atoms with Crippen molar-refractivity contribution in [2.45, 2.75) is 31.7 Å². The van der Waals surface area contributed by atoms with Gasteiger partial charge in [-0.2, -0.15) is 0 Å². The number of ether oxygens (including phenoxy) is 1. The van der Waals surface area contributed by atoms with Crippen LogP contribution >= 0.6 is 0 Å². The highest BCUT2D eigenvalue weighted by atomic mass is 16.6. The van der Waals surface area contributed by atoms with Crippen LogP contribution in [-0.4, -0.2) is 25.1 Å². The maximum Gasteiger partial charge on any atom is 0.273 e. The minimum Gasteiger partial charge on any atom is -0.496 e. The molecule has 5 heteroatoms. The highest BCUT2D eigenvalue weighted by Gasteiger charge is 2.26. The molecule has 0 heterocycles. The zero-order chi connectivity index (χ0) is 13.8. The van der Waals surface area contributed by atoms with E-state index in [1.165, 1.54) is 32.4 Å². The molecule has 1 N–H and O–H groups in total. The molecule has 5 nitrogen and oxygen atoms in total. The third-order valence-electron chi connectivity index (χ3n) is 3.93. The molecule has 0 saturated heterocycles. The quantitative estimate of drug-likeness (QED) is 0.655. The Morgan fingerprint density at radius 3 is 2.84 bits per heavy atom. The van der Waals surface area contributed by atoms with Gasteiger partial charge in [0.2, 0.25) is 0 Å². The predicted molar refractivity (Wildman–Crippen MR) is 73.5 cm³/mol. The van der Waals surface area contributed by atoms with E-state index in [9.17, 15) is 10.1 Å². The number of nitrogens with one attached hydrogen (secondary N) is 1. The number of non-ortho nitro benzene ring substituents is 1. The lowest BCUT2D eigenvalue weighted by Gasteiger charge is -2.19. The van der Waals surface area contributed by atoms with Crippen molar-refractivity contribution in [1.29, 1.82) is 0 Å². The number of nitrogens with zero attached hydrogens (tertiary/aromatic N) is 1. The molecule has 1 aliphatic rings. The van der Waals surface area contributed by atoms with E-state index in [0.29, 0.717) is 17.7 Å². The smallest absolute Gasteiger partial charge is 0.273 e. The zero-order valence-corrected chi connectivity index (χ0v) is 11.4. The number of nitro benzene ring substituents is 1. The van der Waals surface area contributed by atoms with Gasteiger partial charge >= 0.3 is 0 Å². The summed E-state index contributed by atoms with van der Waals surface area (Å²) in [5.41, 5.74) is 1.09. The second-order valence-corrected chi connectivity index (χ2v) is 5.09. The molecule has 104 valence electrons. The van der Waals surface area contributed by atoms with Crippen molar-refractivity contribution >= 4 is 5.69 Å². The van der Waals surface area contributed by atoms with Crippen LogP contribution in [0.25, 0.3) is 0 Å². The Morgan fingerprint density at radius 2 is 2.21 bits per heavy atom. The van der Waals surface area contributed by atoms with Gasteiger partial charge < -0.3 is 10.1 Å². The van der Waals surface area contributed by atoms with E-state index in [2.05, 4.69) is 5.32 Å². The minimum atomic E-state index is -0.365. The van der Waals surface area contributed by atoms with Crippen molar-refractivity contribution in [3.63, 3.8) is 0 Å². The molecule has 19 heavy (non-hydrogen) atoms. The molecule has 1 saturated carbocycles. The molecule has 1 aromatic carbocycles. The van der Waals surface area contributed by atoms with Crippen molar-refractivity contribution in [2.24, 2.45) is 5.92 Å². The second kappa shape index (κ2) is 6.02. The Balaban J connectivity index is 2.19. The van der Waals surface area contributed by atoms with Gasteiger partial charge in [-0.1, -0.05) is 6.42 Å². The summed E-state index contributed by atoms with van der Waals surface area (Å²) in [6.45, 7) is 0. The standard InChI is InChI=1S/C14H20N2O3/c1-15-14-5-3-4-11(14)6-10-7-12(16(17)18)9-13(8-10)19-2/h7-9,11,14-15H,3-6H2,1-2H3. The number of hydrogen-bond acceptors (Lipinski definition) is 4. The van der Waals surface area contributed by atoms with Gasteiger partial charge in [0.1, 0.15) is 5.75 Å². The van der Waals surface area contributed by atoms with E-state index in [1.54, 1.807) is 6.07 Å². The largest absolute Gasteiger partial charge is 0.496 e. The van der Waals surface area contributed by atoms with E-state index >= 15 is 0 Å². The Kier molecular flexibility index (Phi) is 4.37. The summed E-state index contributed by atoms with van der Waals surface area (Å²) in [5.74, 6) is 1.11. The third-order valence-corrected chi connectivity index (χ3v) is 3.93. The van der Waals surface area contributed by atoms with Crippen molar-refractivity contribution in [1.82, 2.24) is 5.32 Å². The second-order valence-electron chi connectivity index (χ2n) is 5.09. The molecule has 0 bridgehead atoms. The fourth-order valence-corrected chi connectivity index (χ4v) is 2.95. The molecule has 0 spiro atoms. The van der Waals surface area contributed by atoms with E-state index in [1.807, 2.05) is 13.1 Å². The van der Waals surface area contributed by atoms with Gasteiger partial charge in [0.25, 0.3) is 5.69 Å². The van der Waals surface area contributed by atoms with Crippen molar-refractivity contribution in [3.8, 4) is 5.75 Å². The van der Waals surface area contributed by atoms with Crippen LogP contribution in [0.1, 0.15) is 24.8 Å². The average molecular weight is 264 g/mol. The van der Waals surface area contributed by atoms with Gasteiger partial charge in [0, 0.05) is 12.1 Å². The average Bonchev–Trinajstić information content (AvgIpc) is 2.85. The van der Waals surface area contributed by atoms with Gasteiger partial charge in [0.15, 0.2) is 0 Å². The molecule has 0 radical (unpaired) electrons. The zero-order valence-electron chi connectivity index (χ0n) is 11.4. The number of rotatable bonds is 5. The summed E-state index contributed by atoms with van der Waals surface area (Å²) in [6, 6.07) is 5.55. The Hall–Kier alpha value is -1.62. The van der Waals surface area contributed by atoms with E-state index in [-0.39, 0.29) is 10.6 Å². The molecule has 0 amide bonds. The Bertz CT molecular complexity index is 462. The summed E-state index contributed by atoms with van der Waals surface area (Å²) in [5, 5.41) is 14.3. The van der Waals surface area contributed by atoms with Gasteiger partial charge in [-0.05, 0) is 43.9 Å². The summed E-state index contributed by atoms with van der Waals surface area (Å²) >= 11 is 0. The van der Waals surface area contributed by atoms with Crippen molar-refractivity contribution in [2.75, 3.05) is 14.2 Å². The first kappa shape index (κ1) is 13.8. The maximum absolute atomic E-state index is 10.9. The normalized spacial score (nSPS) is 22.4. The molecule has 0 aromatic heterocycles. The molecular formula is C14H20N2O3. The molecule has 1 fully saturated rings. The molecule has 1 aliphatic carbocycles. The van der Waals surface area contributed by atoms with Gasteiger partial charge in [-0.15, -0.1) is 0 Å². The molecular weight excluding hydrogens is 244 g/mol. The van der Waals surface area contributed by atoms with Crippen molar-refractivity contribution < 1.29 is 9.66 Å². The molecule has 1 aromatic rings. The van der Waals surface area contributed by atoms with Crippen LogP contribution in [0.2, 0.25) is 0 Å². The fraction of sp³-hybridized carbons (Fsp3) is 0.571. The molecule has 2 atom stereocenters. The molecule has 0 aliphatic heterocycles. The molecule has 2 unspecified atom stereocenters. The lowest BCUT2D eigenvalue weighted by Crippen LogP contribution is -2.30. The monoisotopic (exact) mass is 264 g/mol. The van der Waals surface area contributed by atoms with Crippen molar-refractivity contribution in [3.05, 3.63) is 33.9 Å². The van der Waals surface area contributed by atoms with E-state index in [4.69, 9.17) is 4.74 Å². The van der Waals surface area contributed by atoms with Gasteiger partial charge in [0.05, 0.1) is 18.1 Å². The van der Waals surface area contributed by atoms with Gasteiger partial charge in [-0.3, -0.25) is 10.1 Å². The van der Waals surface area contributed by atoms with Crippen LogP contribution in [-0.2, 0) is 6.42 Å². The number of benzene rings is 1. The van der Waals surface area contributed by atoms with Crippen LogP contribution in [0.5, 0.6) is 5.75 Å². The molecule has 2 rings (SSSR count). The van der Waals surface area contributed by atoms with Crippen LogP contribution in [0.15, 0.2) is 18.2 Å². The fourth-order valence-electron chi connectivity index (χ4n) is 2.95. The number of methoxy groups -OCH3 is 1. The lowest BCUT2D eigenvalue weighted by molar-refractivity contribution is -0.385. The Labute approximate surface area is 113 Å². The highest BCUT2D eigenvalue weighted by molar-refractivity contribution is 5.43. The lowest BCUT2D eigenvalue weighted by atomic mass is 9.94. The van der Waals surface area contributed by atoms with E-state index < -0.39 is 0 Å². The van der Waals surface area contributed by atoms with Crippen LogP contribution in [0.3, 0.4) is 0 Å². The Morgan fingerprint density at radius 1 is 1.42 bits per heavy atom. The maximum atomic E-state index is 10.9. The van der Waals surface area contributed by atoms with Gasteiger partial charge in [-0.25, -0.2) is 0 Å². The van der Waals surface area contributed by atoms with E-state index in [0.717, 1.165) is 12.0 Å². The summed E-state index contributed by atoms with van der Waals surface area (Å²) in [7, 11) is 3.52. The third kappa shape index (κ3) is 3.23. The first-order valence-electron chi connectivity index (χ1n) is 6.63. The minimum absolute atomic E-state index is 0.105. The summed E-state index contributed by atoms with van der Waals surface area (Å²) < 4.78 is 5.14. The van der Waals surface area contributed by atoms with Crippen LogP contribution < -0.4 is 10.1 Å². The summed E-state index contributed by atoms with van der Waals surface area (Å²) in [4.78, 5) is 10.6. The first-order chi connectivity index (χ1) is 9.13. The number of nitro groups is 1. The predicted octanol–water partition coefficient (Wildman–Crippen LogP) is 2.53. The first-order valence-corrected chi connectivity index (χ1v) is 6.63. The summed E-state index contributed by atoms with van der Waals surface area (Å²) in [6.07, 6.45) is 4.45. The number of hydrogen-bond donors (Lipinski definition) is 1. The van der Waals surface area contributed by atoms with Crippen LogP contribution in [0, 0.1) is 16.0 Å². The highest BCUT2D eigenvalue weighted by Crippen LogP contribution is 2.31. The SMILES string of the molecule is CNC1CCCC1Cc1cc(OC)cc([N+](=O)[O-])c1. The van der Waals surface area contributed by atoms with Crippen LogP contribution in [0.4, 0.5) is 5.69 Å².